The lowest BCUT2D eigenvalue weighted by Gasteiger charge is -2.22. The molecule has 0 aromatic carbocycles. The van der Waals surface area contributed by atoms with E-state index in [0.29, 0.717) is 13.2 Å². The number of methoxy groups -OCH3 is 1. The van der Waals surface area contributed by atoms with Gasteiger partial charge in [-0.2, -0.15) is 0 Å². The normalized spacial score (nSPS) is 17.9. The maximum absolute atomic E-state index is 11.5. The highest BCUT2D eigenvalue weighted by Gasteiger charge is 2.41. The Morgan fingerprint density at radius 3 is 2.55 bits per heavy atom. The number of rotatable bonds is 10. The minimum atomic E-state index is -0.465. The van der Waals surface area contributed by atoms with Crippen molar-refractivity contribution < 1.29 is 19.4 Å². The van der Waals surface area contributed by atoms with Gasteiger partial charge in [0.05, 0.1) is 6.61 Å². The van der Waals surface area contributed by atoms with Crippen LogP contribution in [0.4, 0.5) is 4.79 Å². The summed E-state index contributed by atoms with van der Waals surface area (Å²) < 4.78 is 10.4. The van der Waals surface area contributed by atoms with Crippen LogP contribution in [0.2, 0.25) is 0 Å². The van der Waals surface area contributed by atoms with E-state index in [-0.39, 0.29) is 24.2 Å². The molecule has 22 heavy (non-hydrogen) atoms. The molecule has 6 nitrogen and oxygen atoms in total. The van der Waals surface area contributed by atoms with E-state index in [1.54, 1.807) is 7.11 Å². The first-order valence-corrected chi connectivity index (χ1v) is 8.10. The molecule has 1 fully saturated rings. The third-order valence-electron chi connectivity index (χ3n) is 3.82. The average molecular weight is 316 g/mol. The van der Waals surface area contributed by atoms with Crippen LogP contribution in [0.5, 0.6) is 0 Å². The summed E-state index contributed by atoms with van der Waals surface area (Å²) in [5, 5.41) is 15.6. The Hall–Kier alpha value is -0.850. The van der Waals surface area contributed by atoms with Crippen LogP contribution in [0.1, 0.15) is 46.5 Å². The molecule has 3 N–H and O–H groups in total. The number of carbonyl (C=O) groups excluding carboxylic acids is 1. The maximum Gasteiger partial charge on any atom is 0.407 e. The van der Waals surface area contributed by atoms with Crippen molar-refractivity contribution in [3.8, 4) is 0 Å². The second-order valence-corrected chi connectivity index (χ2v) is 7.26. The summed E-state index contributed by atoms with van der Waals surface area (Å²) >= 11 is 0. The van der Waals surface area contributed by atoms with Crippen molar-refractivity contribution in [2.75, 3.05) is 33.4 Å². The van der Waals surface area contributed by atoms with Crippen LogP contribution in [0.3, 0.4) is 0 Å². The van der Waals surface area contributed by atoms with Gasteiger partial charge in [-0.25, -0.2) is 4.79 Å². The fraction of sp³-hybridized carbons (Fsp3) is 0.938. The second-order valence-electron chi connectivity index (χ2n) is 7.26. The lowest BCUT2D eigenvalue weighted by Crippen LogP contribution is -2.39. The van der Waals surface area contributed by atoms with Crippen molar-refractivity contribution in [3.63, 3.8) is 0 Å². The van der Waals surface area contributed by atoms with Crippen LogP contribution < -0.4 is 10.6 Å². The van der Waals surface area contributed by atoms with Gasteiger partial charge in [0, 0.05) is 38.3 Å². The summed E-state index contributed by atoms with van der Waals surface area (Å²) in [6, 6.07) is 0.245. The van der Waals surface area contributed by atoms with E-state index in [2.05, 4.69) is 10.6 Å². The quantitative estimate of drug-likeness (QED) is 0.534. The Kier molecular flexibility index (Phi) is 7.59. The molecule has 1 aliphatic carbocycles. The van der Waals surface area contributed by atoms with Gasteiger partial charge in [0.1, 0.15) is 5.60 Å². The van der Waals surface area contributed by atoms with Gasteiger partial charge in [-0.1, -0.05) is 0 Å². The predicted octanol–water partition coefficient (Wildman–Crippen LogP) is 1.67. The topological polar surface area (TPSA) is 79.8 Å². The van der Waals surface area contributed by atoms with Crippen LogP contribution in [-0.4, -0.2) is 56.3 Å². The third-order valence-corrected chi connectivity index (χ3v) is 3.82. The summed E-state index contributed by atoms with van der Waals surface area (Å²) in [5.41, 5.74) is -0.367. The summed E-state index contributed by atoms with van der Waals surface area (Å²) in [6.45, 7) is 7.84. The second kappa shape index (κ2) is 8.70. The third kappa shape index (κ3) is 7.96. The van der Waals surface area contributed by atoms with Crippen LogP contribution in [0, 0.1) is 5.41 Å². The van der Waals surface area contributed by atoms with Gasteiger partial charge in [0.25, 0.3) is 0 Å². The van der Waals surface area contributed by atoms with Crippen molar-refractivity contribution in [2.45, 2.75) is 58.1 Å². The number of aliphatic hydroxyl groups excluding tert-OH is 1. The van der Waals surface area contributed by atoms with Gasteiger partial charge in [0.2, 0.25) is 0 Å². The highest BCUT2D eigenvalue weighted by molar-refractivity contribution is 5.67. The summed E-state index contributed by atoms with van der Waals surface area (Å²) in [4.78, 5) is 11.5. The van der Waals surface area contributed by atoms with Gasteiger partial charge in [-0.15, -0.1) is 0 Å². The molecule has 1 aliphatic rings. The number of carbonyl (C=O) groups is 1. The smallest absolute Gasteiger partial charge is 0.407 e. The molecule has 0 bridgehead atoms. The van der Waals surface area contributed by atoms with E-state index in [4.69, 9.17) is 9.47 Å². The van der Waals surface area contributed by atoms with Gasteiger partial charge in [0.15, 0.2) is 0 Å². The lowest BCUT2D eigenvalue weighted by atomic mass is 10.1. The SMILES string of the molecule is COCC(CCCNC(=O)OC(C)(C)C)NCC1(CO)CC1. The Balaban J connectivity index is 2.17. The molecule has 0 aromatic heterocycles. The molecule has 0 spiro atoms. The zero-order chi connectivity index (χ0) is 16.6. The fourth-order valence-electron chi connectivity index (χ4n) is 2.23. The van der Waals surface area contributed by atoms with Gasteiger partial charge in [-0.05, 0) is 46.5 Å². The zero-order valence-corrected chi connectivity index (χ0v) is 14.4. The molecule has 0 heterocycles. The lowest BCUT2D eigenvalue weighted by molar-refractivity contribution is 0.0526. The molecule has 0 aliphatic heterocycles. The standard InChI is InChI=1S/C16H32N2O4/c1-15(2,3)22-14(20)17-9-5-6-13(10-21-4)18-11-16(12-19)7-8-16/h13,18-19H,5-12H2,1-4H3,(H,17,20). The molecule has 1 saturated carbocycles. The van der Waals surface area contributed by atoms with Gasteiger partial charge >= 0.3 is 6.09 Å². The number of amides is 1. The van der Waals surface area contributed by atoms with Crippen LogP contribution in [0.15, 0.2) is 0 Å². The van der Waals surface area contributed by atoms with Crippen molar-refractivity contribution in [1.82, 2.24) is 10.6 Å². The molecular formula is C16H32N2O4. The number of hydrogen-bond acceptors (Lipinski definition) is 5. The number of ether oxygens (including phenoxy) is 2. The molecular weight excluding hydrogens is 284 g/mol. The fourth-order valence-corrected chi connectivity index (χ4v) is 2.23. The number of hydrogen-bond donors (Lipinski definition) is 3. The molecule has 1 atom stereocenters. The number of nitrogens with one attached hydrogen (secondary N) is 2. The van der Waals surface area contributed by atoms with E-state index in [9.17, 15) is 9.90 Å². The van der Waals surface area contributed by atoms with Gasteiger partial charge in [-0.3, -0.25) is 0 Å². The molecule has 1 amide bonds. The van der Waals surface area contributed by atoms with Crippen LogP contribution >= 0.6 is 0 Å². The molecule has 0 aromatic rings. The monoisotopic (exact) mass is 316 g/mol. The summed E-state index contributed by atoms with van der Waals surface area (Å²) in [7, 11) is 1.69. The number of aliphatic hydroxyl groups is 1. The minimum absolute atomic E-state index is 0.0980. The maximum atomic E-state index is 11.5. The number of alkyl carbamates (subject to hydrolysis) is 1. The van der Waals surface area contributed by atoms with Crippen molar-refractivity contribution >= 4 is 6.09 Å². The predicted molar refractivity (Wildman–Crippen MR) is 85.9 cm³/mol. The molecule has 1 rings (SSSR count). The van der Waals surface area contributed by atoms with E-state index >= 15 is 0 Å². The molecule has 1 unspecified atom stereocenters. The Morgan fingerprint density at radius 2 is 2.05 bits per heavy atom. The summed E-state index contributed by atoms with van der Waals surface area (Å²) in [6.07, 6.45) is 3.57. The first-order chi connectivity index (χ1) is 10.3. The highest BCUT2D eigenvalue weighted by atomic mass is 16.6. The van der Waals surface area contributed by atoms with E-state index in [0.717, 1.165) is 32.2 Å². The van der Waals surface area contributed by atoms with E-state index < -0.39 is 5.60 Å². The molecule has 0 radical (unpaired) electrons. The Labute approximate surface area is 133 Å². The minimum Gasteiger partial charge on any atom is -0.444 e. The summed E-state index contributed by atoms with van der Waals surface area (Å²) in [5.74, 6) is 0. The highest BCUT2D eigenvalue weighted by Crippen LogP contribution is 2.44. The van der Waals surface area contributed by atoms with Crippen LogP contribution in [0.25, 0.3) is 0 Å². The first-order valence-electron chi connectivity index (χ1n) is 8.10. The zero-order valence-electron chi connectivity index (χ0n) is 14.4. The van der Waals surface area contributed by atoms with E-state index in [1.165, 1.54) is 0 Å². The molecule has 6 heteroatoms. The van der Waals surface area contributed by atoms with Crippen molar-refractivity contribution in [1.29, 1.82) is 0 Å². The van der Waals surface area contributed by atoms with Crippen LogP contribution in [-0.2, 0) is 9.47 Å². The molecule has 130 valence electrons. The van der Waals surface area contributed by atoms with Crippen molar-refractivity contribution in [3.05, 3.63) is 0 Å². The van der Waals surface area contributed by atoms with E-state index in [1.807, 2.05) is 20.8 Å². The molecule has 0 saturated heterocycles. The first kappa shape index (κ1) is 19.2. The Morgan fingerprint density at radius 1 is 1.36 bits per heavy atom. The Bertz CT molecular complexity index is 338. The van der Waals surface area contributed by atoms with Gasteiger partial charge < -0.3 is 25.2 Å². The largest absolute Gasteiger partial charge is 0.444 e. The average Bonchev–Trinajstić information content (AvgIpc) is 3.19. The van der Waals surface area contributed by atoms with Crippen molar-refractivity contribution in [2.24, 2.45) is 5.41 Å².